The number of aliphatic carboxylic acids is 1. The number of hydrogen-bond acceptors (Lipinski definition) is 3. The molecule has 5 nitrogen and oxygen atoms in total. The second-order valence-electron chi connectivity index (χ2n) is 3.89. The van der Waals surface area contributed by atoms with Crippen molar-refractivity contribution >= 4 is 11.9 Å². The highest BCUT2D eigenvalue weighted by atomic mass is 16.4. The predicted molar refractivity (Wildman–Crippen MR) is 50.9 cm³/mol. The Morgan fingerprint density at radius 3 is 2.43 bits per heavy atom. The maximum Gasteiger partial charge on any atom is 0.310 e. The molecule has 80 valence electrons. The zero-order valence-electron chi connectivity index (χ0n) is 8.56. The Kier molecular flexibility index (Phi) is 3.46. The van der Waals surface area contributed by atoms with Gasteiger partial charge in [0.25, 0.3) is 0 Å². The molecule has 0 aromatic heterocycles. The summed E-state index contributed by atoms with van der Waals surface area (Å²) < 4.78 is 0. The van der Waals surface area contributed by atoms with Crippen LogP contribution < -0.4 is 0 Å². The van der Waals surface area contributed by atoms with Crippen molar-refractivity contribution in [3.8, 4) is 0 Å². The molecule has 0 saturated carbocycles. The van der Waals surface area contributed by atoms with E-state index in [0.29, 0.717) is 26.1 Å². The molecule has 1 aliphatic rings. The molecule has 0 aromatic rings. The van der Waals surface area contributed by atoms with Crippen molar-refractivity contribution in [2.45, 2.75) is 6.42 Å². The fourth-order valence-electron chi connectivity index (χ4n) is 1.32. The number of likely N-dealkylation sites (tertiary alicyclic amines) is 1. The van der Waals surface area contributed by atoms with Gasteiger partial charge in [-0.2, -0.15) is 0 Å². The van der Waals surface area contributed by atoms with Crippen LogP contribution in [0, 0.1) is 5.92 Å². The summed E-state index contributed by atoms with van der Waals surface area (Å²) in [5.74, 6) is -1.10. The first-order chi connectivity index (χ1) is 6.50. The van der Waals surface area contributed by atoms with Crippen molar-refractivity contribution in [2.24, 2.45) is 5.92 Å². The molecule has 0 radical (unpaired) electrons. The number of rotatable bonds is 4. The number of hydrogen-bond donors (Lipinski definition) is 1. The Balaban J connectivity index is 2.19. The summed E-state index contributed by atoms with van der Waals surface area (Å²) >= 11 is 0. The van der Waals surface area contributed by atoms with E-state index < -0.39 is 5.97 Å². The van der Waals surface area contributed by atoms with Gasteiger partial charge < -0.3 is 14.9 Å². The number of amides is 1. The molecule has 0 unspecified atom stereocenters. The van der Waals surface area contributed by atoms with E-state index in [4.69, 9.17) is 5.11 Å². The Bertz CT molecular complexity index is 234. The summed E-state index contributed by atoms with van der Waals surface area (Å²) in [6, 6.07) is 0. The van der Waals surface area contributed by atoms with Crippen molar-refractivity contribution in [3.63, 3.8) is 0 Å². The average Bonchev–Trinajstić information content (AvgIpc) is 1.97. The molecular weight excluding hydrogens is 184 g/mol. The van der Waals surface area contributed by atoms with Gasteiger partial charge in [0.2, 0.25) is 5.91 Å². The molecule has 0 bridgehead atoms. The minimum Gasteiger partial charge on any atom is -0.481 e. The molecule has 1 N–H and O–H groups in total. The number of carboxylic acid groups (broad SMARTS) is 1. The highest BCUT2D eigenvalue weighted by Gasteiger charge is 2.34. The lowest BCUT2D eigenvalue weighted by molar-refractivity contribution is -0.152. The molecule has 0 aromatic carbocycles. The second-order valence-corrected chi connectivity index (χ2v) is 3.89. The highest BCUT2D eigenvalue weighted by molar-refractivity contribution is 5.81. The van der Waals surface area contributed by atoms with E-state index in [1.807, 2.05) is 19.0 Å². The highest BCUT2D eigenvalue weighted by Crippen LogP contribution is 2.16. The molecule has 1 rings (SSSR count). The maximum atomic E-state index is 11.4. The Hall–Kier alpha value is -1.10. The number of carboxylic acids is 1. The van der Waals surface area contributed by atoms with Gasteiger partial charge in [-0.15, -0.1) is 0 Å². The van der Waals surface area contributed by atoms with E-state index in [9.17, 15) is 9.59 Å². The maximum absolute atomic E-state index is 11.4. The van der Waals surface area contributed by atoms with Crippen LogP contribution in [0.2, 0.25) is 0 Å². The Morgan fingerprint density at radius 1 is 1.43 bits per heavy atom. The number of carbonyl (C=O) groups is 2. The van der Waals surface area contributed by atoms with Crippen LogP contribution in [0.4, 0.5) is 0 Å². The molecular formula is C9H16N2O3. The lowest BCUT2D eigenvalue weighted by atomic mass is 10.0. The molecule has 1 heterocycles. The van der Waals surface area contributed by atoms with Crippen LogP contribution in [-0.2, 0) is 9.59 Å². The smallest absolute Gasteiger partial charge is 0.310 e. The summed E-state index contributed by atoms with van der Waals surface area (Å²) in [5.41, 5.74) is 0. The topological polar surface area (TPSA) is 60.9 Å². The first kappa shape index (κ1) is 11.0. The zero-order chi connectivity index (χ0) is 10.7. The summed E-state index contributed by atoms with van der Waals surface area (Å²) in [6.07, 6.45) is 0.472. The third-order valence-corrected chi connectivity index (χ3v) is 2.36. The molecule has 0 aliphatic carbocycles. The summed E-state index contributed by atoms with van der Waals surface area (Å²) in [6.45, 7) is 1.47. The monoisotopic (exact) mass is 200 g/mol. The molecule has 0 atom stereocenters. The van der Waals surface area contributed by atoms with Gasteiger partial charge in [0.15, 0.2) is 0 Å². The quantitative estimate of drug-likeness (QED) is 0.663. The van der Waals surface area contributed by atoms with Gasteiger partial charge in [0.05, 0.1) is 5.92 Å². The van der Waals surface area contributed by atoms with Crippen molar-refractivity contribution in [1.29, 1.82) is 0 Å². The normalized spacial score (nSPS) is 16.9. The molecule has 1 saturated heterocycles. The lowest BCUT2D eigenvalue weighted by Crippen LogP contribution is -2.53. The van der Waals surface area contributed by atoms with Crippen LogP contribution in [0.5, 0.6) is 0 Å². The van der Waals surface area contributed by atoms with Crippen LogP contribution in [-0.4, -0.2) is 60.5 Å². The van der Waals surface area contributed by atoms with Gasteiger partial charge in [-0.25, -0.2) is 0 Å². The lowest BCUT2D eigenvalue weighted by Gasteiger charge is -2.36. The van der Waals surface area contributed by atoms with Gasteiger partial charge >= 0.3 is 5.97 Å². The molecule has 1 aliphatic heterocycles. The van der Waals surface area contributed by atoms with E-state index in [-0.39, 0.29) is 11.8 Å². The average molecular weight is 200 g/mol. The molecule has 1 amide bonds. The fraction of sp³-hybridized carbons (Fsp3) is 0.778. The summed E-state index contributed by atoms with van der Waals surface area (Å²) in [7, 11) is 3.81. The van der Waals surface area contributed by atoms with Crippen LogP contribution in [0.1, 0.15) is 6.42 Å². The summed E-state index contributed by atoms with van der Waals surface area (Å²) in [4.78, 5) is 25.4. The van der Waals surface area contributed by atoms with Crippen LogP contribution >= 0.6 is 0 Å². The molecule has 0 spiro atoms. The third kappa shape index (κ3) is 2.70. The number of nitrogens with zero attached hydrogens (tertiary/aromatic N) is 2. The molecule has 14 heavy (non-hydrogen) atoms. The van der Waals surface area contributed by atoms with Crippen molar-refractivity contribution < 1.29 is 14.7 Å². The van der Waals surface area contributed by atoms with Crippen LogP contribution in [0.25, 0.3) is 0 Å². The standard InChI is InChI=1S/C9H16N2O3/c1-10(2)4-3-8(12)11-5-7(6-11)9(13)14/h7H,3-6H2,1-2H3,(H,13,14). The molecule has 5 heteroatoms. The van der Waals surface area contributed by atoms with E-state index in [1.165, 1.54) is 0 Å². The van der Waals surface area contributed by atoms with Gasteiger partial charge in [0, 0.05) is 26.1 Å². The van der Waals surface area contributed by atoms with Crippen molar-refractivity contribution in [2.75, 3.05) is 33.7 Å². The van der Waals surface area contributed by atoms with E-state index >= 15 is 0 Å². The first-order valence-corrected chi connectivity index (χ1v) is 4.66. The number of carbonyl (C=O) groups excluding carboxylic acids is 1. The Labute approximate surface area is 83.3 Å². The SMILES string of the molecule is CN(C)CCC(=O)N1CC(C(=O)O)C1. The van der Waals surface area contributed by atoms with Gasteiger partial charge in [-0.3, -0.25) is 9.59 Å². The van der Waals surface area contributed by atoms with Crippen molar-refractivity contribution in [1.82, 2.24) is 9.80 Å². The largest absolute Gasteiger partial charge is 0.481 e. The van der Waals surface area contributed by atoms with E-state index in [1.54, 1.807) is 4.90 Å². The fourth-order valence-corrected chi connectivity index (χ4v) is 1.32. The molecule has 1 fully saturated rings. The summed E-state index contributed by atoms with van der Waals surface area (Å²) in [5, 5.41) is 8.60. The zero-order valence-corrected chi connectivity index (χ0v) is 8.56. The van der Waals surface area contributed by atoms with E-state index in [2.05, 4.69) is 0 Å². The van der Waals surface area contributed by atoms with E-state index in [0.717, 1.165) is 0 Å². The predicted octanol–water partition coefficient (Wildman–Crippen LogP) is -0.519. The van der Waals surface area contributed by atoms with Crippen molar-refractivity contribution in [3.05, 3.63) is 0 Å². The minimum atomic E-state index is -0.804. The minimum absolute atomic E-state index is 0.0520. The van der Waals surface area contributed by atoms with Gasteiger partial charge in [0.1, 0.15) is 0 Å². The Morgan fingerprint density at radius 2 is 2.00 bits per heavy atom. The van der Waals surface area contributed by atoms with Gasteiger partial charge in [-0.05, 0) is 14.1 Å². The first-order valence-electron chi connectivity index (χ1n) is 4.66. The van der Waals surface area contributed by atoms with Crippen LogP contribution in [0.3, 0.4) is 0 Å². The van der Waals surface area contributed by atoms with Gasteiger partial charge in [-0.1, -0.05) is 0 Å². The third-order valence-electron chi connectivity index (χ3n) is 2.36. The second kappa shape index (κ2) is 4.41. The van der Waals surface area contributed by atoms with Crippen LogP contribution in [0.15, 0.2) is 0 Å².